The van der Waals surface area contributed by atoms with E-state index in [2.05, 4.69) is 5.32 Å². The van der Waals surface area contributed by atoms with E-state index < -0.39 is 27.8 Å². The minimum Gasteiger partial charge on any atom is -0.352 e. The summed E-state index contributed by atoms with van der Waals surface area (Å²) in [4.78, 5) is 27.6. The first-order valence-electron chi connectivity index (χ1n) is 12.4. The summed E-state index contributed by atoms with van der Waals surface area (Å²) in [6.45, 7) is 7.34. The van der Waals surface area contributed by atoms with Crippen molar-refractivity contribution in [1.82, 2.24) is 10.2 Å². The maximum absolute atomic E-state index is 13.3. The number of nitrogens with zero attached hydrogens (tertiary/aromatic N) is 2. The number of sulfonamides is 1. The fourth-order valence-corrected chi connectivity index (χ4v) is 4.85. The third-order valence-electron chi connectivity index (χ3n) is 6.22. The Kier molecular flexibility index (Phi) is 10.8. The van der Waals surface area contributed by atoms with E-state index in [1.165, 1.54) is 11.0 Å². The highest BCUT2D eigenvalue weighted by atomic mass is 32.2. The minimum absolute atomic E-state index is 0.0478. The molecule has 0 aliphatic rings. The zero-order valence-electron chi connectivity index (χ0n) is 22.4. The van der Waals surface area contributed by atoms with Crippen molar-refractivity contribution in [3.05, 3.63) is 65.2 Å². The smallest absolute Gasteiger partial charge is 0.352 e. The van der Waals surface area contributed by atoms with Crippen molar-refractivity contribution in [2.75, 3.05) is 17.1 Å². The predicted molar refractivity (Wildman–Crippen MR) is 142 cm³/mol. The first-order valence-corrected chi connectivity index (χ1v) is 14.3. The molecule has 0 saturated carbocycles. The molecule has 2 rings (SSSR count). The molecular weight excluding hydrogens is 519 g/mol. The molecule has 0 bridgehead atoms. The molecule has 0 aliphatic heterocycles. The number of rotatable bonds is 12. The number of carbonyl (C=O) groups is 2. The lowest BCUT2D eigenvalue weighted by Gasteiger charge is -2.30. The largest absolute Gasteiger partial charge is 0.416 e. The van der Waals surface area contributed by atoms with Crippen LogP contribution in [0.1, 0.15) is 56.7 Å². The standard InChI is InChI=1S/C27H36F3N3O4S/c1-6-20(3)31-26(35)21(4)32(18-22-11-7-10-19(2)16-22)25(34)14-9-15-33(38(5,36)37)24-13-8-12-23(17-24)27(28,29)30/h7-8,10-13,16-17,20-21H,6,9,14-15,18H2,1-5H3,(H,31,35). The summed E-state index contributed by atoms with van der Waals surface area (Å²) in [6.07, 6.45) is -3.05. The van der Waals surface area contributed by atoms with Gasteiger partial charge in [-0.15, -0.1) is 0 Å². The maximum atomic E-state index is 13.3. The molecule has 0 aromatic heterocycles. The van der Waals surface area contributed by atoms with E-state index >= 15 is 0 Å². The molecule has 7 nitrogen and oxygen atoms in total. The second-order valence-electron chi connectivity index (χ2n) is 9.49. The second-order valence-corrected chi connectivity index (χ2v) is 11.4. The zero-order valence-corrected chi connectivity index (χ0v) is 23.2. The Morgan fingerprint density at radius 3 is 2.29 bits per heavy atom. The van der Waals surface area contributed by atoms with Gasteiger partial charge < -0.3 is 10.2 Å². The number of carbonyl (C=O) groups excluding carboxylic acids is 2. The van der Waals surface area contributed by atoms with Crippen molar-refractivity contribution >= 4 is 27.5 Å². The summed E-state index contributed by atoms with van der Waals surface area (Å²) >= 11 is 0. The number of alkyl halides is 3. The summed E-state index contributed by atoms with van der Waals surface area (Å²) < 4.78 is 65.2. The molecule has 38 heavy (non-hydrogen) atoms. The molecule has 0 fully saturated rings. The van der Waals surface area contributed by atoms with E-state index in [1.54, 1.807) is 6.92 Å². The van der Waals surface area contributed by atoms with Crippen molar-refractivity contribution < 1.29 is 31.2 Å². The molecule has 2 unspecified atom stereocenters. The minimum atomic E-state index is -4.63. The van der Waals surface area contributed by atoms with Crippen LogP contribution in [0.4, 0.5) is 18.9 Å². The maximum Gasteiger partial charge on any atom is 0.416 e. The van der Waals surface area contributed by atoms with Crippen LogP contribution in [0.5, 0.6) is 0 Å². The lowest BCUT2D eigenvalue weighted by molar-refractivity contribution is -0.140. The normalized spacial score (nSPS) is 13.5. The molecule has 11 heteroatoms. The molecule has 1 N–H and O–H groups in total. The summed E-state index contributed by atoms with van der Waals surface area (Å²) in [6, 6.07) is 10.7. The number of anilines is 1. The average molecular weight is 556 g/mol. The molecule has 0 saturated heterocycles. The summed E-state index contributed by atoms with van der Waals surface area (Å²) in [5, 5.41) is 2.88. The first-order chi connectivity index (χ1) is 17.6. The molecule has 2 amide bonds. The number of hydrogen-bond donors (Lipinski definition) is 1. The Morgan fingerprint density at radius 1 is 1.05 bits per heavy atom. The van der Waals surface area contributed by atoms with Gasteiger partial charge in [-0.05, 0) is 57.4 Å². The van der Waals surface area contributed by atoms with Gasteiger partial charge >= 0.3 is 6.18 Å². The number of amides is 2. The summed E-state index contributed by atoms with van der Waals surface area (Å²) in [5.74, 6) is -0.669. The molecule has 0 radical (unpaired) electrons. The molecule has 0 aliphatic carbocycles. The van der Waals surface area contributed by atoms with Crippen LogP contribution in [0.2, 0.25) is 0 Å². The van der Waals surface area contributed by atoms with Crippen LogP contribution in [0.15, 0.2) is 48.5 Å². The van der Waals surface area contributed by atoms with Crippen molar-refractivity contribution in [2.45, 2.75) is 71.8 Å². The van der Waals surface area contributed by atoms with Crippen LogP contribution in [-0.4, -0.2) is 50.0 Å². The zero-order chi connectivity index (χ0) is 28.7. The van der Waals surface area contributed by atoms with Gasteiger partial charge in [-0.3, -0.25) is 13.9 Å². The Bertz CT molecular complexity index is 1220. The van der Waals surface area contributed by atoms with E-state index in [1.807, 2.05) is 45.0 Å². The number of nitrogens with one attached hydrogen (secondary N) is 1. The van der Waals surface area contributed by atoms with Crippen LogP contribution in [0.3, 0.4) is 0 Å². The molecule has 2 aromatic carbocycles. The summed E-state index contributed by atoms with van der Waals surface area (Å²) in [7, 11) is -3.92. The molecule has 2 aromatic rings. The Morgan fingerprint density at radius 2 is 1.71 bits per heavy atom. The Labute approximate surface area is 223 Å². The van der Waals surface area contributed by atoms with Crippen LogP contribution in [0, 0.1) is 6.92 Å². The number of halogens is 3. The molecule has 0 spiro atoms. The lowest BCUT2D eigenvalue weighted by Crippen LogP contribution is -2.49. The molecule has 210 valence electrons. The predicted octanol–water partition coefficient (Wildman–Crippen LogP) is 4.89. The van der Waals surface area contributed by atoms with Gasteiger partial charge in [-0.1, -0.05) is 42.8 Å². The Balaban J connectivity index is 2.22. The molecule has 0 heterocycles. The van der Waals surface area contributed by atoms with Gasteiger partial charge in [0.05, 0.1) is 17.5 Å². The third-order valence-corrected chi connectivity index (χ3v) is 7.41. The van der Waals surface area contributed by atoms with Gasteiger partial charge in [0, 0.05) is 25.6 Å². The lowest BCUT2D eigenvalue weighted by atomic mass is 10.1. The van der Waals surface area contributed by atoms with Gasteiger partial charge in [0.1, 0.15) is 6.04 Å². The highest BCUT2D eigenvalue weighted by molar-refractivity contribution is 7.92. The van der Waals surface area contributed by atoms with Gasteiger partial charge in [-0.2, -0.15) is 13.2 Å². The molecular formula is C27H36F3N3O4S. The van der Waals surface area contributed by atoms with Gasteiger partial charge in [-0.25, -0.2) is 8.42 Å². The fraction of sp³-hybridized carbons (Fsp3) is 0.481. The van der Waals surface area contributed by atoms with Crippen LogP contribution in [-0.2, 0) is 32.3 Å². The SMILES string of the molecule is CCC(C)NC(=O)C(C)N(Cc1cccc(C)c1)C(=O)CCCN(c1cccc(C(F)(F)F)c1)S(C)(=O)=O. The van der Waals surface area contributed by atoms with E-state index in [0.717, 1.165) is 46.3 Å². The number of aryl methyl sites for hydroxylation is 1. The van der Waals surface area contributed by atoms with Crippen LogP contribution < -0.4 is 9.62 Å². The van der Waals surface area contributed by atoms with Gasteiger partial charge in [0.2, 0.25) is 21.8 Å². The highest BCUT2D eigenvalue weighted by Crippen LogP contribution is 2.32. The van der Waals surface area contributed by atoms with E-state index in [-0.39, 0.29) is 49.5 Å². The van der Waals surface area contributed by atoms with E-state index in [0.29, 0.717) is 0 Å². The van der Waals surface area contributed by atoms with Crippen molar-refractivity contribution in [1.29, 1.82) is 0 Å². The monoisotopic (exact) mass is 555 g/mol. The van der Waals surface area contributed by atoms with Gasteiger partial charge in [0.15, 0.2) is 0 Å². The fourth-order valence-electron chi connectivity index (χ4n) is 3.90. The Hall–Kier alpha value is -3.08. The van der Waals surface area contributed by atoms with Crippen LogP contribution in [0.25, 0.3) is 0 Å². The van der Waals surface area contributed by atoms with E-state index in [9.17, 15) is 31.2 Å². The quantitative estimate of drug-likeness (QED) is 0.404. The van der Waals surface area contributed by atoms with Crippen molar-refractivity contribution in [3.8, 4) is 0 Å². The third kappa shape index (κ3) is 9.04. The van der Waals surface area contributed by atoms with Crippen molar-refractivity contribution in [3.63, 3.8) is 0 Å². The number of hydrogen-bond acceptors (Lipinski definition) is 4. The first kappa shape index (κ1) is 31.1. The second kappa shape index (κ2) is 13.1. The topological polar surface area (TPSA) is 86.8 Å². The van der Waals surface area contributed by atoms with Crippen molar-refractivity contribution in [2.24, 2.45) is 0 Å². The summed E-state index contributed by atoms with van der Waals surface area (Å²) in [5.41, 5.74) is 0.734. The average Bonchev–Trinajstić information content (AvgIpc) is 2.83. The number of benzene rings is 2. The van der Waals surface area contributed by atoms with Gasteiger partial charge in [0.25, 0.3) is 0 Å². The molecule has 2 atom stereocenters. The van der Waals surface area contributed by atoms with E-state index in [4.69, 9.17) is 0 Å². The highest BCUT2D eigenvalue weighted by Gasteiger charge is 2.32. The van der Waals surface area contributed by atoms with Crippen LogP contribution >= 0.6 is 0 Å².